The van der Waals surface area contributed by atoms with Crippen LogP contribution in [0.3, 0.4) is 0 Å². The van der Waals surface area contributed by atoms with Crippen LogP contribution in [0.4, 0.5) is 0 Å². The normalized spacial score (nSPS) is 11.6. The molecule has 5 nitrogen and oxygen atoms in total. The maximum absolute atomic E-state index is 13.3. The lowest BCUT2D eigenvalue weighted by molar-refractivity contribution is -0.117. The largest absolute Gasteiger partial charge is 0.370 e. The first-order valence-electron chi connectivity index (χ1n) is 11.0. The molecule has 2 aromatic rings. The number of rotatable bonds is 8. The van der Waals surface area contributed by atoms with Crippen molar-refractivity contribution in [3.05, 3.63) is 52.3 Å². The number of hydrogen-bond donors (Lipinski definition) is 2. The molecule has 31 heavy (non-hydrogen) atoms. The molecule has 5 heteroatoms. The number of aromatic nitrogens is 1. The molecular formula is C26H37N3O2. The maximum Gasteiger partial charge on any atom is 0.253 e. The van der Waals surface area contributed by atoms with Gasteiger partial charge in [0.05, 0.1) is 11.3 Å². The highest BCUT2D eigenvalue weighted by molar-refractivity contribution is 6.03. The summed E-state index contributed by atoms with van der Waals surface area (Å²) >= 11 is 0. The summed E-state index contributed by atoms with van der Waals surface area (Å²) in [6.45, 7) is 15.2. The molecule has 0 fully saturated rings. The first kappa shape index (κ1) is 24.6. The first-order chi connectivity index (χ1) is 14.4. The third-order valence-electron chi connectivity index (χ3n) is 5.10. The molecule has 168 valence electrons. The van der Waals surface area contributed by atoms with Crippen LogP contribution in [0.5, 0.6) is 0 Å². The van der Waals surface area contributed by atoms with Crippen molar-refractivity contribution in [1.29, 1.82) is 0 Å². The number of pyridine rings is 1. The Balaban J connectivity index is 2.75. The van der Waals surface area contributed by atoms with Gasteiger partial charge in [0.2, 0.25) is 5.91 Å². The quantitative estimate of drug-likeness (QED) is 0.642. The second-order valence-corrected chi connectivity index (χ2v) is 10.0. The number of hydrogen-bond acceptors (Lipinski definition) is 3. The highest BCUT2D eigenvalue weighted by Crippen LogP contribution is 2.36. The Labute approximate surface area is 186 Å². The van der Waals surface area contributed by atoms with Gasteiger partial charge >= 0.3 is 0 Å². The Kier molecular flexibility index (Phi) is 7.99. The fourth-order valence-electron chi connectivity index (χ4n) is 3.78. The van der Waals surface area contributed by atoms with Crippen LogP contribution in [-0.4, -0.2) is 23.3 Å². The number of aryl methyl sites for hydroxylation is 2. The third kappa shape index (κ3) is 6.91. The van der Waals surface area contributed by atoms with Gasteiger partial charge in [-0.15, -0.1) is 0 Å². The highest BCUT2D eigenvalue weighted by Gasteiger charge is 2.26. The summed E-state index contributed by atoms with van der Waals surface area (Å²) < 4.78 is 0. The van der Waals surface area contributed by atoms with Gasteiger partial charge in [-0.05, 0) is 49.1 Å². The Morgan fingerprint density at radius 2 is 1.71 bits per heavy atom. The topological polar surface area (TPSA) is 85.1 Å². The Morgan fingerprint density at radius 3 is 2.23 bits per heavy atom. The van der Waals surface area contributed by atoms with E-state index in [1.165, 1.54) is 5.56 Å². The van der Waals surface area contributed by atoms with Crippen molar-refractivity contribution in [1.82, 2.24) is 10.3 Å². The number of amides is 2. The van der Waals surface area contributed by atoms with Crippen molar-refractivity contribution >= 4 is 11.8 Å². The van der Waals surface area contributed by atoms with Crippen molar-refractivity contribution in [3.63, 3.8) is 0 Å². The van der Waals surface area contributed by atoms with E-state index in [2.05, 4.69) is 71.1 Å². The van der Waals surface area contributed by atoms with Crippen LogP contribution < -0.4 is 11.1 Å². The van der Waals surface area contributed by atoms with Gasteiger partial charge in [-0.1, -0.05) is 64.4 Å². The van der Waals surface area contributed by atoms with E-state index in [1.807, 2.05) is 6.92 Å². The molecule has 2 rings (SSSR count). The molecule has 0 saturated carbocycles. The molecule has 0 atom stereocenters. The number of primary amides is 1. The van der Waals surface area contributed by atoms with Gasteiger partial charge < -0.3 is 11.1 Å². The lowest BCUT2D eigenvalue weighted by atomic mass is 9.80. The Hall–Kier alpha value is -2.69. The summed E-state index contributed by atoms with van der Waals surface area (Å²) in [6.07, 6.45) is 1.78. The van der Waals surface area contributed by atoms with Crippen LogP contribution in [0.15, 0.2) is 24.3 Å². The van der Waals surface area contributed by atoms with E-state index < -0.39 is 5.91 Å². The molecule has 0 aliphatic rings. The third-order valence-corrected chi connectivity index (χ3v) is 5.10. The van der Waals surface area contributed by atoms with E-state index >= 15 is 0 Å². The van der Waals surface area contributed by atoms with E-state index in [1.54, 1.807) is 0 Å². The van der Waals surface area contributed by atoms with Crippen molar-refractivity contribution in [2.45, 2.75) is 67.7 Å². The number of carbonyl (C=O) groups is 2. The van der Waals surface area contributed by atoms with Gasteiger partial charge in [0, 0.05) is 24.2 Å². The van der Waals surface area contributed by atoms with Crippen LogP contribution in [0.2, 0.25) is 0 Å². The van der Waals surface area contributed by atoms with Crippen LogP contribution in [0.25, 0.3) is 11.1 Å². The molecule has 0 aliphatic heterocycles. The summed E-state index contributed by atoms with van der Waals surface area (Å²) in [5.74, 6) is -0.200. The van der Waals surface area contributed by atoms with Crippen molar-refractivity contribution in [3.8, 4) is 11.1 Å². The van der Waals surface area contributed by atoms with Gasteiger partial charge in [-0.25, -0.2) is 0 Å². The minimum atomic E-state index is -0.436. The molecule has 0 saturated heterocycles. The molecule has 0 bridgehead atoms. The lowest BCUT2D eigenvalue weighted by Crippen LogP contribution is -2.30. The van der Waals surface area contributed by atoms with Crippen LogP contribution >= 0.6 is 0 Å². The molecule has 0 spiro atoms. The Morgan fingerprint density at radius 1 is 1.10 bits per heavy atom. The van der Waals surface area contributed by atoms with E-state index in [9.17, 15) is 9.59 Å². The average molecular weight is 424 g/mol. The van der Waals surface area contributed by atoms with E-state index in [4.69, 9.17) is 10.7 Å². The zero-order chi connectivity index (χ0) is 23.3. The van der Waals surface area contributed by atoms with Crippen LogP contribution in [0, 0.1) is 25.2 Å². The summed E-state index contributed by atoms with van der Waals surface area (Å²) in [4.78, 5) is 29.3. The fraction of sp³-hybridized carbons (Fsp3) is 0.500. The zero-order valence-electron chi connectivity index (χ0n) is 20.1. The van der Waals surface area contributed by atoms with Gasteiger partial charge in [0.15, 0.2) is 0 Å². The number of nitrogens with two attached hydrogens (primary N) is 1. The van der Waals surface area contributed by atoms with Gasteiger partial charge in [-0.2, -0.15) is 0 Å². The summed E-state index contributed by atoms with van der Waals surface area (Å²) in [6, 6.07) is 8.30. The maximum atomic E-state index is 13.3. The second-order valence-electron chi connectivity index (χ2n) is 10.0. The molecule has 0 unspecified atom stereocenters. The number of nitrogens with zero attached hydrogens (tertiary/aromatic N) is 1. The minimum absolute atomic E-state index is 0.0296. The Bertz CT molecular complexity index is 939. The molecule has 0 aliphatic carbocycles. The van der Waals surface area contributed by atoms with E-state index in [0.717, 1.165) is 35.2 Å². The smallest absolute Gasteiger partial charge is 0.253 e. The molecule has 1 aromatic heterocycles. The van der Waals surface area contributed by atoms with Gasteiger partial charge in [0.1, 0.15) is 0 Å². The van der Waals surface area contributed by atoms with Crippen molar-refractivity contribution in [2.24, 2.45) is 17.1 Å². The van der Waals surface area contributed by atoms with Crippen molar-refractivity contribution in [2.75, 3.05) is 6.54 Å². The zero-order valence-corrected chi connectivity index (χ0v) is 20.1. The summed E-state index contributed by atoms with van der Waals surface area (Å²) in [7, 11) is 0. The minimum Gasteiger partial charge on any atom is -0.370 e. The molecule has 0 radical (unpaired) electrons. The molecule has 3 N–H and O–H groups in total. The summed E-state index contributed by atoms with van der Waals surface area (Å²) in [5.41, 5.74) is 11.9. The second kappa shape index (κ2) is 10.1. The average Bonchev–Trinajstić information content (AvgIpc) is 2.62. The molecule has 1 aromatic carbocycles. The SMILES string of the molecule is Cc1ccc(-c2c(CC(C)(C)C)c(CC(C)C)nc(C)c2C(=O)NCCC(N)=O)cc1. The fourth-order valence-corrected chi connectivity index (χ4v) is 3.78. The number of carbonyl (C=O) groups excluding carboxylic acids is 2. The molecule has 2 amide bonds. The van der Waals surface area contributed by atoms with Gasteiger partial charge in [-0.3, -0.25) is 14.6 Å². The lowest BCUT2D eigenvalue weighted by Gasteiger charge is -2.26. The predicted molar refractivity (Wildman–Crippen MR) is 127 cm³/mol. The first-order valence-corrected chi connectivity index (χ1v) is 11.0. The summed E-state index contributed by atoms with van der Waals surface area (Å²) in [5, 5.41) is 2.86. The standard InChI is InChI=1S/C26H37N3O2/c1-16(2)14-21-20(15-26(5,6)7)24(19-10-8-17(3)9-11-19)23(18(4)29-21)25(31)28-13-12-22(27)30/h8-11,16H,12-15H2,1-7H3,(H2,27,30)(H,28,31). The molecule has 1 heterocycles. The van der Waals surface area contributed by atoms with Crippen LogP contribution in [0.1, 0.15) is 73.9 Å². The van der Waals surface area contributed by atoms with Gasteiger partial charge in [0.25, 0.3) is 5.91 Å². The van der Waals surface area contributed by atoms with Crippen LogP contribution in [-0.2, 0) is 17.6 Å². The number of nitrogens with one attached hydrogen (secondary N) is 1. The monoisotopic (exact) mass is 423 g/mol. The molecular weight excluding hydrogens is 386 g/mol. The van der Waals surface area contributed by atoms with E-state index in [-0.39, 0.29) is 24.3 Å². The van der Waals surface area contributed by atoms with Crippen molar-refractivity contribution < 1.29 is 9.59 Å². The number of benzene rings is 1. The van der Waals surface area contributed by atoms with E-state index in [0.29, 0.717) is 17.2 Å². The highest BCUT2D eigenvalue weighted by atomic mass is 16.2. The predicted octanol–water partition coefficient (Wildman–Crippen LogP) is 4.76.